The van der Waals surface area contributed by atoms with E-state index in [1.54, 1.807) is 6.20 Å². The molecule has 1 rings (SSSR count). The summed E-state index contributed by atoms with van der Waals surface area (Å²) in [5.74, 6) is 0.679. The summed E-state index contributed by atoms with van der Waals surface area (Å²) in [6.45, 7) is 6.58. The lowest BCUT2D eigenvalue weighted by molar-refractivity contribution is -0.141. The Morgan fingerprint density at radius 1 is 1.45 bits per heavy atom. The third-order valence-corrected chi connectivity index (χ3v) is 7.75. The minimum absolute atomic E-state index is 0.134. The molecule has 0 N–H and O–H groups in total. The summed E-state index contributed by atoms with van der Waals surface area (Å²) in [5, 5.41) is 0. The highest BCUT2D eigenvalue weighted by atomic mass is 28.4. The summed E-state index contributed by atoms with van der Waals surface area (Å²) in [6.07, 6.45) is 4.50. The van der Waals surface area contributed by atoms with Crippen LogP contribution in [0.1, 0.15) is 38.6 Å². The first-order valence-corrected chi connectivity index (χ1v) is 9.99. The molecule has 6 heteroatoms. The molecule has 1 unspecified atom stereocenters. The van der Waals surface area contributed by atoms with E-state index >= 15 is 0 Å². The van der Waals surface area contributed by atoms with Crippen molar-refractivity contribution in [1.29, 1.82) is 0 Å². The number of imidazole rings is 1. The fourth-order valence-corrected chi connectivity index (χ4v) is 3.78. The van der Waals surface area contributed by atoms with E-state index in [0.29, 0.717) is 12.8 Å². The number of carbonyl (C=O) groups excluding carboxylic acids is 1. The van der Waals surface area contributed by atoms with E-state index in [1.165, 1.54) is 7.11 Å². The van der Waals surface area contributed by atoms with Crippen molar-refractivity contribution < 1.29 is 14.0 Å². The Morgan fingerprint density at radius 2 is 2.10 bits per heavy atom. The average Bonchev–Trinajstić information content (AvgIpc) is 2.88. The number of esters is 1. The van der Waals surface area contributed by atoms with Crippen LogP contribution in [-0.4, -0.2) is 30.9 Å². The lowest BCUT2D eigenvalue weighted by Crippen LogP contribution is -2.35. The normalized spacial score (nSPS) is 13.2. The highest BCUT2D eigenvalue weighted by molar-refractivity contribution is 6.72. The molecule has 1 aromatic heterocycles. The molecule has 0 aliphatic heterocycles. The molecule has 0 aliphatic rings. The minimum Gasteiger partial charge on any atom is -0.469 e. The number of nitrogens with zero attached hydrogens (tertiary/aromatic N) is 2. The highest BCUT2D eigenvalue weighted by Gasteiger charge is 2.31. The standard InChI is InChI=1S/C14H26N2O3Si/c1-6-20(5,7-2)19-12(8-9-13(17)18-4)14-15-10-11-16(14)3/h10-12H,6-9H2,1-5H3. The van der Waals surface area contributed by atoms with Crippen molar-refractivity contribution in [3.8, 4) is 0 Å². The second-order valence-electron chi connectivity index (χ2n) is 5.27. The summed E-state index contributed by atoms with van der Waals surface area (Å²) < 4.78 is 13.1. The van der Waals surface area contributed by atoms with Crippen molar-refractivity contribution in [3.05, 3.63) is 18.2 Å². The molecular formula is C14H26N2O3Si. The van der Waals surface area contributed by atoms with Gasteiger partial charge >= 0.3 is 5.97 Å². The number of aromatic nitrogens is 2. The van der Waals surface area contributed by atoms with Crippen molar-refractivity contribution in [2.24, 2.45) is 7.05 Å². The molecule has 0 radical (unpaired) electrons. The van der Waals surface area contributed by atoms with Crippen LogP contribution in [0.5, 0.6) is 0 Å². The van der Waals surface area contributed by atoms with Crippen LogP contribution in [0.3, 0.4) is 0 Å². The summed E-state index contributed by atoms with van der Waals surface area (Å²) in [6, 6.07) is 2.12. The smallest absolute Gasteiger partial charge is 0.305 e. The first-order valence-electron chi connectivity index (χ1n) is 7.17. The van der Waals surface area contributed by atoms with Crippen LogP contribution >= 0.6 is 0 Å². The number of ether oxygens (including phenoxy) is 1. The van der Waals surface area contributed by atoms with E-state index in [2.05, 4.69) is 25.4 Å². The van der Waals surface area contributed by atoms with Gasteiger partial charge in [-0.1, -0.05) is 13.8 Å². The van der Waals surface area contributed by atoms with Crippen LogP contribution in [0.2, 0.25) is 18.6 Å². The number of carbonyl (C=O) groups is 1. The third kappa shape index (κ3) is 4.45. The molecular weight excluding hydrogens is 272 g/mol. The predicted octanol–water partition coefficient (Wildman–Crippen LogP) is 3.05. The molecule has 1 atom stereocenters. The molecule has 0 bridgehead atoms. The van der Waals surface area contributed by atoms with Crippen LogP contribution < -0.4 is 0 Å². The maximum absolute atomic E-state index is 11.4. The van der Waals surface area contributed by atoms with Crippen LogP contribution in [0, 0.1) is 0 Å². The zero-order chi connectivity index (χ0) is 15.2. The van der Waals surface area contributed by atoms with Gasteiger partial charge in [0.1, 0.15) is 11.9 Å². The SMILES string of the molecule is CC[Si](C)(CC)OC(CCC(=O)OC)c1nccn1C. The molecule has 0 aliphatic carbocycles. The van der Waals surface area contributed by atoms with Gasteiger partial charge in [0, 0.05) is 25.9 Å². The fourth-order valence-electron chi connectivity index (χ4n) is 2.04. The van der Waals surface area contributed by atoms with Gasteiger partial charge in [-0.25, -0.2) is 4.98 Å². The lowest BCUT2D eigenvalue weighted by atomic mass is 10.2. The first kappa shape index (κ1) is 16.9. The lowest BCUT2D eigenvalue weighted by Gasteiger charge is -2.30. The van der Waals surface area contributed by atoms with E-state index in [9.17, 15) is 4.79 Å². The quantitative estimate of drug-likeness (QED) is 0.547. The molecule has 0 saturated heterocycles. The maximum atomic E-state index is 11.4. The van der Waals surface area contributed by atoms with E-state index in [0.717, 1.165) is 17.9 Å². The van der Waals surface area contributed by atoms with Gasteiger partial charge in [0.2, 0.25) is 0 Å². The first-order chi connectivity index (χ1) is 9.45. The van der Waals surface area contributed by atoms with Gasteiger partial charge in [0.15, 0.2) is 8.32 Å². The third-order valence-electron chi connectivity index (χ3n) is 3.91. The molecule has 0 aromatic carbocycles. The topological polar surface area (TPSA) is 53.4 Å². The van der Waals surface area contributed by atoms with E-state index in [4.69, 9.17) is 9.16 Å². The fraction of sp³-hybridized carbons (Fsp3) is 0.714. The van der Waals surface area contributed by atoms with Crippen molar-refractivity contribution in [2.45, 2.75) is 51.4 Å². The molecule has 0 spiro atoms. The number of methoxy groups -OCH3 is 1. The van der Waals surface area contributed by atoms with Gasteiger partial charge in [0.05, 0.1) is 7.11 Å². The molecule has 20 heavy (non-hydrogen) atoms. The number of aryl methyl sites for hydroxylation is 1. The molecule has 0 fully saturated rings. The van der Waals surface area contributed by atoms with E-state index in [1.807, 2.05) is 17.8 Å². The van der Waals surface area contributed by atoms with Crippen LogP contribution in [-0.2, 0) is 21.0 Å². The maximum Gasteiger partial charge on any atom is 0.305 e. The zero-order valence-corrected chi connectivity index (χ0v) is 14.2. The molecule has 1 heterocycles. The van der Waals surface area contributed by atoms with Gasteiger partial charge in [-0.3, -0.25) is 4.79 Å². The Bertz CT molecular complexity index is 430. The second-order valence-corrected chi connectivity index (χ2v) is 9.82. The number of hydrogen-bond acceptors (Lipinski definition) is 4. The van der Waals surface area contributed by atoms with Crippen LogP contribution in [0.15, 0.2) is 12.4 Å². The van der Waals surface area contributed by atoms with Crippen molar-refractivity contribution in [2.75, 3.05) is 7.11 Å². The monoisotopic (exact) mass is 298 g/mol. The molecule has 0 saturated carbocycles. The summed E-state index contributed by atoms with van der Waals surface area (Å²) in [4.78, 5) is 15.8. The van der Waals surface area contributed by atoms with Gasteiger partial charge < -0.3 is 13.7 Å². The second kappa shape index (κ2) is 7.59. The molecule has 0 amide bonds. The zero-order valence-electron chi connectivity index (χ0n) is 13.2. The summed E-state index contributed by atoms with van der Waals surface area (Å²) >= 11 is 0. The van der Waals surface area contributed by atoms with Gasteiger partial charge in [-0.2, -0.15) is 0 Å². The molecule has 1 aromatic rings. The molecule has 114 valence electrons. The summed E-state index contributed by atoms with van der Waals surface area (Å²) in [7, 11) is 1.64. The van der Waals surface area contributed by atoms with Gasteiger partial charge in [-0.05, 0) is 25.1 Å². The number of rotatable bonds is 8. The van der Waals surface area contributed by atoms with Crippen molar-refractivity contribution in [3.63, 3.8) is 0 Å². The summed E-state index contributed by atoms with van der Waals surface area (Å²) in [5.41, 5.74) is 0. The van der Waals surface area contributed by atoms with E-state index in [-0.39, 0.29) is 12.1 Å². The van der Waals surface area contributed by atoms with Crippen LogP contribution in [0.25, 0.3) is 0 Å². The Morgan fingerprint density at radius 3 is 2.55 bits per heavy atom. The van der Waals surface area contributed by atoms with Crippen molar-refractivity contribution in [1.82, 2.24) is 9.55 Å². The van der Waals surface area contributed by atoms with Gasteiger partial charge in [0.25, 0.3) is 0 Å². The highest BCUT2D eigenvalue weighted by Crippen LogP contribution is 2.29. The Hall–Kier alpha value is -1.14. The Kier molecular flexibility index (Phi) is 6.42. The average molecular weight is 298 g/mol. The van der Waals surface area contributed by atoms with E-state index < -0.39 is 8.32 Å². The Balaban J connectivity index is 2.85. The van der Waals surface area contributed by atoms with Crippen LogP contribution in [0.4, 0.5) is 0 Å². The minimum atomic E-state index is -1.73. The van der Waals surface area contributed by atoms with Gasteiger partial charge in [-0.15, -0.1) is 0 Å². The largest absolute Gasteiger partial charge is 0.469 e. The molecule has 5 nitrogen and oxygen atoms in total. The predicted molar refractivity (Wildman–Crippen MR) is 80.9 cm³/mol. The van der Waals surface area contributed by atoms with Crippen molar-refractivity contribution >= 4 is 14.3 Å². The number of hydrogen-bond donors (Lipinski definition) is 0. The Labute approximate surface area is 122 Å².